The Balaban J connectivity index is 2.07. The van der Waals surface area contributed by atoms with Crippen LogP contribution in [0.2, 0.25) is 5.02 Å². The van der Waals surface area contributed by atoms with E-state index in [-0.39, 0.29) is 23.3 Å². The molecule has 0 aliphatic rings. The Morgan fingerprint density at radius 3 is 2.79 bits per heavy atom. The van der Waals surface area contributed by atoms with Crippen LogP contribution >= 0.6 is 23.4 Å². The molecule has 0 saturated heterocycles. The van der Waals surface area contributed by atoms with E-state index in [1.807, 2.05) is 45.0 Å². The number of carbonyl (C=O) groups is 1. The Hall–Kier alpha value is -2.31. The smallest absolute Gasteiger partial charge is 0.266 e. The van der Waals surface area contributed by atoms with Crippen molar-refractivity contribution in [3.8, 4) is 5.69 Å². The lowest BCUT2D eigenvalue weighted by Gasteiger charge is -2.15. The summed E-state index contributed by atoms with van der Waals surface area (Å²) in [7, 11) is 0. The molecule has 0 aliphatic heterocycles. The second-order valence-electron chi connectivity index (χ2n) is 6.70. The summed E-state index contributed by atoms with van der Waals surface area (Å²) in [4.78, 5) is 30.1. The van der Waals surface area contributed by atoms with E-state index >= 15 is 0 Å². The molecule has 0 unspecified atom stereocenters. The third-order valence-corrected chi connectivity index (χ3v) is 5.59. The fourth-order valence-electron chi connectivity index (χ4n) is 2.78. The van der Waals surface area contributed by atoms with Crippen molar-refractivity contribution in [2.45, 2.75) is 38.4 Å². The molecule has 146 valence electrons. The maximum atomic E-state index is 13.2. The molecule has 3 rings (SSSR count). The number of amides is 1. The molecule has 0 aliphatic carbocycles. The van der Waals surface area contributed by atoms with Crippen molar-refractivity contribution < 1.29 is 4.79 Å². The number of halogens is 1. The summed E-state index contributed by atoms with van der Waals surface area (Å²) >= 11 is 7.32. The zero-order valence-corrected chi connectivity index (χ0v) is 17.6. The highest BCUT2D eigenvalue weighted by atomic mass is 35.5. The van der Waals surface area contributed by atoms with Crippen molar-refractivity contribution in [1.29, 1.82) is 0 Å². The minimum atomic E-state index is -0.183. The normalized spacial score (nSPS) is 12.1. The summed E-state index contributed by atoms with van der Waals surface area (Å²) < 4.78 is 1.56. The monoisotopic (exact) mass is 415 g/mol. The number of aromatic nitrogens is 2. The molecule has 28 heavy (non-hydrogen) atoms. The van der Waals surface area contributed by atoms with Crippen molar-refractivity contribution in [2.24, 2.45) is 0 Å². The van der Waals surface area contributed by atoms with Gasteiger partial charge in [-0.05, 0) is 56.2 Å². The van der Waals surface area contributed by atoms with E-state index < -0.39 is 0 Å². The predicted octanol–water partition coefficient (Wildman–Crippen LogP) is 4.35. The number of benzene rings is 2. The van der Waals surface area contributed by atoms with Gasteiger partial charge in [0.25, 0.3) is 5.56 Å². The van der Waals surface area contributed by atoms with E-state index in [1.165, 1.54) is 11.8 Å². The topological polar surface area (TPSA) is 64.0 Å². The van der Waals surface area contributed by atoms with Gasteiger partial charge in [-0.2, -0.15) is 0 Å². The van der Waals surface area contributed by atoms with Crippen molar-refractivity contribution in [3.63, 3.8) is 0 Å². The Kier molecular flexibility index (Phi) is 6.42. The molecule has 0 radical (unpaired) electrons. The van der Waals surface area contributed by atoms with Gasteiger partial charge in [-0.1, -0.05) is 42.4 Å². The minimum Gasteiger partial charge on any atom is -0.353 e. The number of carbonyl (C=O) groups excluding carboxylic acids is 1. The van der Waals surface area contributed by atoms with E-state index in [2.05, 4.69) is 10.3 Å². The Morgan fingerprint density at radius 2 is 2.07 bits per heavy atom. The van der Waals surface area contributed by atoms with Gasteiger partial charge in [-0.3, -0.25) is 14.2 Å². The molecule has 1 aromatic heterocycles. The van der Waals surface area contributed by atoms with Crippen LogP contribution < -0.4 is 10.9 Å². The fourth-order valence-corrected chi connectivity index (χ4v) is 3.77. The number of nitrogens with zero attached hydrogens (tertiary/aromatic N) is 2. The van der Waals surface area contributed by atoms with E-state index in [4.69, 9.17) is 11.6 Å². The number of thioether (sulfide) groups is 1. The third kappa shape index (κ3) is 4.56. The summed E-state index contributed by atoms with van der Waals surface area (Å²) in [5, 5.41) is 4.39. The molecule has 1 atom stereocenters. The Bertz CT molecular complexity index is 1080. The molecule has 0 spiro atoms. The van der Waals surface area contributed by atoms with Gasteiger partial charge in [-0.15, -0.1) is 0 Å². The van der Waals surface area contributed by atoms with Gasteiger partial charge >= 0.3 is 0 Å². The van der Waals surface area contributed by atoms with Crippen molar-refractivity contribution in [2.75, 3.05) is 5.75 Å². The van der Waals surface area contributed by atoms with E-state index in [9.17, 15) is 9.59 Å². The maximum Gasteiger partial charge on any atom is 0.266 e. The molecule has 1 heterocycles. The first kappa shape index (κ1) is 20.4. The second kappa shape index (κ2) is 8.80. The lowest BCUT2D eigenvalue weighted by Crippen LogP contribution is -2.33. The highest BCUT2D eigenvalue weighted by molar-refractivity contribution is 7.99. The lowest BCUT2D eigenvalue weighted by molar-refractivity contribution is -0.119. The average molecular weight is 416 g/mol. The van der Waals surface area contributed by atoms with Gasteiger partial charge in [0.15, 0.2) is 5.16 Å². The van der Waals surface area contributed by atoms with Gasteiger partial charge < -0.3 is 5.32 Å². The first-order valence-corrected chi connectivity index (χ1v) is 10.5. The third-order valence-electron chi connectivity index (χ3n) is 4.41. The SMILES string of the molecule is CC[C@@H](C)NC(=O)CSc1nc2cc(Cl)ccc2c(=O)n1-c1cccc(C)c1. The Morgan fingerprint density at radius 1 is 1.29 bits per heavy atom. The second-order valence-corrected chi connectivity index (χ2v) is 8.08. The van der Waals surface area contributed by atoms with E-state index in [0.717, 1.165) is 17.7 Å². The summed E-state index contributed by atoms with van der Waals surface area (Å²) in [5.74, 6) is 0.0878. The lowest BCUT2D eigenvalue weighted by atomic mass is 10.2. The zero-order valence-electron chi connectivity index (χ0n) is 16.0. The quantitative estimate of drug-likeness (QED) is 0.480. The van der Waals surface area contributed by atoms with Crippen molar-refractivity contribution in [3.05, 3.63) is 63.4 Å². The molecule has 1 amide bonds. The number of nitrogens with one attached hydrogen (secondary N) is 1. The molecule has 2 aromatic carbocycles. The number of rotatable bonds is 6. The largest absolute Gasteiger partial charge is 0.353 e. The highest BCUT2D eigenvalue weighted by Gasteiger charge is 2.16. The molecule has 3 aromatic rings. The minimum absolute atomic E-state index is 0.0874. The molecular formula is C21H22ClN3O2S. The maximum absolute atomic E-state index is 13.2. The van der Waals surface area contributed by atoms with Crippen LogP contribution in [0.3, 0.4) is 0 Å². The average Bonchev–Trinajstić information content (AvgIpc) is 2.66. The molecule has 7 heteroatoms. The molecule has 1 N–H and O–H groups in total. The van der Waals surface area contributed by atoms with Gasteiger partial charge in [0.05, 0.1) is 22.3 Å². The first-order valence-electron chi connectivity index (χ1n) is 9.10. The summed E-state index contributed by atoms with van der Waals surface area (Å²) in [6, 6.07) is 12.8. The molecule has 0 saturated carbocycles. The van der Waals surface area contributed by atoms with Crippen LogP contribution in [0.5, 0.6) is 0 Å². The van der Waals surface area contributed by atoms with Crippen LogP contribution in [-0.4, -0.2) is 27.3 Å². The molecule has 0 bridgehead atoms. The van der Waals surface area contributed by atoms with Crippen LogP contribution in [0, 0.1) is 6.92 Å². The Labute approximate surface area is 173 Å². The van der Waals surface area contributed by atoms with E-state index in [0.29, 0.717) is 21.1 Å². The van der Waals surface area contributed by atoms with Crippen LogP contribution in [0.25, 0.3) is 16.6 Å². The number of hydrogen-bond acceptors (Lipinski definition) is 4. The van der Waals surface area contributed by atoms with Gasteiger partial charge in [0.1, 0.15) is 0 Å². The van der Waals surface area contributed by atoms with Crippen LogP contribution in [0.15, 0.2) is 52.4 Å². The fraction of sp³-hybridized carbons (Fsp3) is 0.286. The number of hydrogen-bond donors (Lipinski definition) is 1. The highest BCUT2D eigenvalue weighted by Crippen LogP contribution is 2.23. The van der Waals surface area contributed by atoms with Gasteiger partial charge in [-0.25, -0.2) is 4.98 Å². The first-order chi connectivity index (χ1) is 13.4. The van der Waals surface area contributed by atoms with Crippen molar-refractivity contribution >= 4 is 40.2 Å². The molecule has 0 fully saturated rings. The van der Waals surface area contributed by atoms with Crippen LogP contribution in [-0.2, 0) is 4.79 Å². The van der Waals surface area contributed by atoms with Gasteiger partial charge in [0, 0.05) is 11.1 Å². The van der Waals surface area contributed by atoms with Crippen LogP contribution in [0.4, 0.5) is 0 Å². The zero-order chi connectivity index (χ0) is 20.3. The number of aryl methyl sites for hydroxylation is 1. The molecule has 5 nitrogen and oxygen atoms in total. The van der Waals surface area contributed by atoms with Crippen molar-refractivity contribution in [1.82, 2.24) is 14.9 Å². The van der Waals surface area contributed by atoms with E-state index in [1.54, 1.807) is 22.8 Å². The standard InChI is InChI=1S/C21H22ClN3O2S/c1-4-14(3)23-19(26)12-28-21-24-18-11-15(22)8-9-17(18)20(27)25(21)16-7-5-6-13(2)10-16/h5-11,14H,4,12H2,1-3H3,(H,23,26)/t14-/m1/s1. The predicted molar refractivity (Wildman–Crippen MR) is 116 cm³/mol. The summed E-state index contributed by atoms with van der Waals surface area (Å²) in [5.41, 5.74) is 2.09. The van der Waals surface area contributed by atoms with Crippen LogP contribution in [0.1, 0.15) is 25.8 Å². The summed E-state index contributed by atoms with van der Waals surface area (Å²) in [6.07, 6.45) is 0.858. The molecular weight excluding hydrogens is 394 g/mol. The van der Waals surface area contributed by atoms with Gasteiger partial charge in [0.2, 0.25) is 5.91 Å². The number of fused-ring (bicyclic) bond motifs is 1. The summed E-state index contributed by atoms with van der Waals surface area (Å²) in [6.45, 7) is 5.94.